The molecule has 2 N–H and O–H groups in total. The molecule has 0 bridgehead atoms. The molecule has 3 atom stereocenters. The first-order chi connectivity index (χ1) is 39.4. The second-order valence-electron chi connectivity index (χ2n) is 23.6. The summed E-state index contributed by atoms with van der Waals surface area (Å²) in [5, 5.41) is 3.04. The summed E-state index contributed by atoms with van der Waals surface area (Å²) in [5.41, 5.74) is 0. The van der Waals surface area contributed by atoms with Gasteiger partial charge in [0.25, 0.3) is 0 Å². The Balaban J connectivity index is 5.12. The summed E-state index contributed by atoms with van der Waals surface area (Å²) in [6.45, 7) is 6.85. The summed E-state index contributed by atoms with van der Waals surface area (Å²) < 4.78 is 30.7. The van der Waals surface area contributed by atoms with E-state index in [1.54, 1.807) is 0 Å². The second kappa shape index (κ2) is 60.1. The van der Waals surface area contributed by atoms with Gasteiger partial charge in [-0.2, -0.15) is 0 Å². The van der Waals surface area contributed by atoms with Gasteiger partial charge in [0.1, 0.15) is 19.3 Å². The van der Waals surface area contributed by atoms with Crippen LogP contribution in [0.1, 0.15) is 290 Å². The molecule has 0 aromatic carbocycles. The Morgan fingerprint density at radius 3 is 1.22 bits per heavy atom. The molecule has 81 heavy (non-hydrogen) atoms. The smallest absolute Gasteiger partial charge is 0.456 e. The maximum absolute atomic E-state index is 13.6. The fraction of sp³-hybridized carbons (Fsp3) is 0.746. The standard InChI is InChI=1S/C71H127N2O7P/c1-7-10-13-16-19-22-25-27-29-31-33-34-35-36-37-38-40-42-44-46-49-52-55-58-61-64-71(75)80-69(62-59-56-53-50-47-24-21-18-15-12-9-3)68(67-79-81(76,77)78-66-65-73(4,5)6)72-70(74)63-60-57-54-51-48-45-43-41-39-32-30-28-26-23-20-17-14-11-8-2/h11,14,19-20,22-23,27-30,39,41,45,48,59,62,68-69H,7-10,12-13,15-18,21,24-26,31-38,40,42-44,46-47,49-58,60-61,63-67H2,1-6H3,(H-,72,74,76,77)/p+1/b14-11-,22-19-,23-20-,29-27-,30-28-,41-39-,48-45-,62-59-. The number of amides is 1. The molecule has 1 amide bonds. The van der Waals surface area contributed by atoms with Crippen molar-refractivity contribution in [3.05, 3.63) is 97.2 Å². The zero-order valence-corrected chi connectivity index (χ0v) is 54.4. The van der Waals surface area contributed by atoms with Crippen molar-refractivity contribution in [2.45, 2.75) is 303 Å². The molecule has 9 nitrogen and oxygen atoms in total. The Bertz CT molecular complexity index is 1710. The van der Waals surface area contributed by atoms with Gasteiger partial charge in [-0.1, -0.05) is 266 Å². The van der Waals surface area contributed by atoms with Crippen molar-refractivity contribution in [3.8, 4) is 0 Å². The third kappa shape index (κ3) is 61.3. The average molecular weight is 1150 g/mol. The number of allylic oxidation sites excluding steroid dienone is 15. The molecule has 0 radical (unpaired) electrons. The predicted octanol–water partition coefficient (Wildman–Crippen LogP) is 21.1. The Morgan fingerprint density at radius 2 is 0.790 bits per heavy atom. The fourth-order valence-electron chi connectivity index (χ4n) is 9.35. The number of ether oxygens (including phenoxy) is 1. The van der Waals surface area contributed by atoms with Crippen molar-refractivity contribution in [1.82, 2.24) is 5.32 Å². The van der Waals surface area contributed by atoms with Crippen LogP contribution in [0.3, 0.4) is 0 Å². The summed E-state index contributed by atoms with van der Waals surface area (Å²) in [7, 11) is 1.47. The molecule has 0 heterocycles. The predicted molar refractivity (Wildman–Crippen MR) is 350 cm³/mol. The van der Waals surface area contributed by atoms with E-state index in [4.69, 9.17) is 13.8 Å². The lowest BCUT2D eigenvalue weighted by atomic mass is 10.0. The van der Waals surface area contributed by atoms with Gasteiger partial charge >= 0.3 is 13.8 Å². The number of nitrogens with one attached hydrogen (secondary N) is 1. The van der Waals surface area contributed by atoms with E-state index in [1.807, 2.05) is 33.3 Å². The van der Waals surface area contributed by atoms with Crippen LogP contribution in [-0.2, 0) is 27.9 Å². The van der Waals surface area contributed by atoms with Crippen LogP contribution in [0.2, 0.25) is 0 Å². The summed E-state index contributed by atoms with van der Waals surface area (Å²) in [5.74, 6) is -0.542. The molecule has 0 aromatic heterocycles. The fourth-order valence-corrected chi connectivity index (χ4v) is 10.1. The van der Waals surface area contributed by atoms with E-state index in [2.05, 4.69) is 111 Å². The second-order valence-corrected chi connectivity index (χ2v) is 25.1. The van der Waals surface area contributed by atoms with Crippen LogP contribution in [0.5, 0.6) is 0 Å². The van der Waals surface area contributed by atoms with Crippen molar-refractivity contribution < 1.29 is 37.3 Å². The van der Waals surface area contributed by atoms with E-state index in [9.17, 15) is 19.0 Å². The third-order valence-electron chi connectivity index (χ3n) is 14.5. The maximum atomic E-state index is 13.6. The van der Waals surface area contributed by atoms with E-state index in [1.165, 1.54) is 154 Å². The maximum Gasteiger partial charge on any atom is 0.472 e. The number of hydrogen-bond donors (Lipinski definition) is 2. The molecule has 3 unspecified atom stereocenters. The lowest BCUT2D eigenvalue weighted by Gasteiger charge is -2.27. The Hall–Kier alpha value is -3.07. The Kier molecular flexibility index (Phi) is 57.8. The van der Waals surface area contributed by atoms with Gasteiger partial charge in [-0.05, 0) is 109 Å². The molecule has 0 aliphatic heterocycles. The highest BCUT2D eigenvalue weighted by Crippen LogP contribution is 2.43. The van der Waals surface area contributed by atoms with Crippen molar-refractivity contribution >= 4 is 19.7 Å². The van der Waals surface area contributed by atoms with Crippen LogP contribution < -0.4 is 5.32 Å². The molecule has 0 aromatic rings. The van der Waals surface area contributed by atoms with E-state index in [-0.39, 0.29) is 31.5 Å². The minimum Gasteiger partial charge on any atom is -0.456 e. The highest BCUT2D eigenvalue weighted by molar-refractivity contribution is 7.47. The number of hydrogen-bond acceptors (Lipinski definition) is 6. The number of phosphoric acid groups is 1. The zero-order chi connectivity index (χ0) is 59.3. The first-order valence-corrected chi connectivity index (χ1v) is 35.1. The zero-order valence-electron chi connectivity index (χ0n) is 53.5. The van der Waals surface area contributed by atoms with Gasteiger partial charge in [-0.3, -0.25) is 18.6 Å². The first kappa shape index (κ1) is 77.9. The van der Waals surface area contributed by atoms with E-state index < -0.39 is 20.0 Å². The molecule has 0 fully saturated rings. The molecule has 468 valence electrons. The van der Waals surface area contributed by atoms with Gasteiger partial charge in [0.2, 0.25) is 5.91 Å². The number of unbranched alkanes of at least 4 members (excludes halogenated alkanes) is 30. The van der Waals surface area contributed by atoms with Crippen molar-refractivity contribution in [2.75, 3.05) is 40.9 Å². The summed E-state index contributed by atoms with van der Waals surface area (Å²) >= 11 is 0. The van der Waals surface area contributed by atoms with Gasteiger partial charge in [0.15, 0.2) is 0 Å². The van der Waals surface area contributed by atoms with Crippen LogP contribution in [0, 0.1) is 0 Å². The largest absolute Gasteiger partial charge is 0.472 e. The van der Waals surface area contributed by atoms with Gasteiger partial charge in [-0.15, -0.1) is 0 Å². The number of esters is 1. The topological polar surface area (TPSA) is 111 Å². The minimum atomic E-state index is -4.46. The van der Waals surface area contributed by atoms with E-state index in [0.717, 1.165) is 96.3 Å². The van der Waals surface area contributed by atoms with Gasteiger partial charge in [-0.25, -0.2) is 4.57 Å². The van der Waals surface area contributed by atoms with Gasteiger partial charge in [0, 0.05) is 12.8 Å². The van der Waals surface area contributed by atoms with Crippen LogP contribution in [0.4, 0.5) is 0 Å². The molecule has 10 heteroatoms. The molecular weight excluding hydrogens is 1020 g/mol. The van der Waals surface area contributed by atoms with Crippen molar-refractivity contribution in [2.24, 2.45) is 0 Å². The molecule has 0 spiro atoms. The monoisotopic (exact) mass is 1150 g/mol. The Labute approximate surface area is 500 Å². The number of nitrogens with zero attached hydrogens (tertiary/aromatic N) is 1. The number of carbonyl (C=O) groups is 2. The average Bonchev–Trinajstić information content (AvgIpc) is 3.43. The van der Waals surface area contributed by atoms with Crippen LogP contribution >= 0.6 is 7.82 Å². The van der Waals surface area contributed by atoms with Gasteiger partial charge < -0.3 is 19.4 Å². The minimum absolute atomic E-state index is 0.0299. The molecule has 0 aliphatic rings. The first-order valence-electron chi connectivity index (χ1n) is 33.6. The highest BCUT2D eigenvalue weighted by Gasteiger charge is 2.30. The van der Waals surface area contributed by atoms with E-state index in [0.29, 0.717) is 23.9 Å². The lowest BCUT2D eigenvalue weighted by Crippen LogP contribution is -2.47. The summed E-state index contributed by atoms with van der Waals surface area (Å²) in [6, 6.07) is -0.871. The number of rotatable bonds is 60. The number of likely N-dealkylation sites (N-methyl/N-ethyl adjacent to an activating group) is 1. The molecule has 0 aliphatic carbocycles. The number of quaternary nitrogens is 1. The molecule has 0 saturated heterocycles. The number of phosphoric ester groups is 1. The highest BCUT2D eigenvalue weighted by atomic mass is 31.2. The SMILES string of the molecule is CC/C=C\C/C=C\C/C=C\C/C=C\C/C=C\CCCCCC(=O)NC(COP(=O)(O)OCC[N+](C)(C)C)C(/C=C\CCCCCCCCCCC)OC(=O)CCCCCCCCCCCCCCCCC/C=C\C/C=C\CCCCC. The number of carbonyl (C=O) groups excluding carboxylic acids is 2. The third-order valence-corrected chi connectivity index (χ3v) is 15.5. The Morgan fingerprint density at radius 1 is 0.444 bits per heavy atom. The molecular formula is C71H128N2O7P+. The molecule has 0 rings (SSSR count). The van der Waals surface area contributed by atoms with Crippen molar-refractivity contribution in [3.63, 3.8) is 0 Å². The summed E-state index contributed by atoms with van der Waals surface area (Å²) in [6.07, 6.45) is 81.4. The van der Waals surface area contributed by atoms with Crippen molar-refractivity contribution in [1.29, 1.82) is 0 Å². The van der Waals surface area contributed by atoms with Crippen LogP contribution in [0.25, 0.3) is 0 Å². The molecule has 0 saturated carbocycles. The quantitative estimate of drug-likeness (QED) is 0.0205. The lowest BCUT2D eigenvalue weighted by molar-refractivity contribution is -0.870. The van der Waals surface area contributed by atoms with Crippen LogP contribution in [-0.4, -0.2) is 74.3 Å². The van der Waals surface area contributed by atoms with Crippen LogP contribution in [0.15, 0.2) is 97.2 Å². The normalized spacial score (nSPS) is 14.2. The van der Waals surface area contributed by atoms with E-state index >= 15 is 0 Å². The van der Waals surface area contributed by atoms with Gasteiger partial charge in [0.05, 0.1) is 33.8 Å². The summed E-state index contributed by atoms with van der Waals surface area (Å²) in [4.78, 5) is 37.8.